The molecule has 0 bridgehead atoms. The van der Waals surface area contributed by atoms with Gasteiger partial charge in [-0.3, -0.25) is 4.90 Å². The molecule has 0 aromatic rings. The summed E-state index contributed by atoms with van der Waals surface area (Å²) in [6, 6.07) is 0.639. The average Bonchev–Trinajstić information content (AvgIpc) is 2.76. The SMILES string of the molecule is COCCOCC(O)CN1C[C@@H]2CCCN[C@@H]2C1. The Kier molecular flexibility index (Phi) is 5.85. The van der Waals surface area contributed by atoms with Crippen molar-refractivity contribution < 1.29 is 14.6 Å². The van der Waals surface area contributed by atoms with Gasteiger partial charge in [-0.25, -0.2) is 0 Å². The highest BCUT2D eigenvalue weighted by atomic mass is 16.5. The molecule has 2 aliphatic heterocycles. The first-order valence-corrected chi connectivity index (χ1v) is 7.00. The molecule has 1 unspecified atom stereocenters. The lowest BCUT2D eigenvalue weighted by Crippen LogP contribution is -2.41. The van der Waals surface area contributed by atoms with Crippen LogP contribution in [-0.2, 0) is 9.47 Å². The summed E-state index contributed by atoms with van der Waals surface area (Å²) in [4.78, 5) is 2.36. The van der Waals surface area contributed by atoms with Crippen LogP contribution in [0.5, 0.6) is 0 Å². The molecule has 18 heavy (non-hydrogen) atoms. The fourth-order valence-corrected chi connectivity index (χ4v) is 3.00. The number of nitrogens with zero attached hydrogens (tertiary/aromatic N) is 1. The van der Waals surface area contributed by atoms with E-state index in [9.17, 15) is 5.11 Å². The Morgan fingerprint density at radius 2 is 2.28 bits per heavy atom. The summed E-state index contributed by atoms with van der Waals surface area (Å²) in [5, 5.41) is 13.5. The number of rotatable bonds is 7. The van der Waals surface area contributed by atoms with Gasteiger partial charge >= 0.3 is 0 Å². The molecular formula is C13H26N2O3. The van der Waals surface area contributed by atoms with Gasteiger partial charge in [0.15, 0.2) is 0 Å². The van der Waals surface area contributed by atoms with Gasteiger partial charge in [0.2, 0.25) is 0 Å². The molecule has 106 valence electrons. The van der Waals surface area contributed by atoms with Crippen molar-refractivity contribution >= 4 is 0 Å². The zero-order valence-electron chi connectivity index (χ0n) is 11.3. The fraction of sp³-hybridized carbons (Fsp3) is 1.00. The predicted molar refractivity (Wildman–Crippen MR) is 69.7 cm³/mol. The topological polar surface area (TPSA) is 54.0 Å². The summed E-state index contributed by atoms with van der Waals surface area (Å²) in [7, 11) is 1.65. The smallest absolute Gasteiger partial charge is 0.0900 e. The Hall–Kier alpha value is -0.200. The second-order valence-electron chi connectivity index (χ2n) is 5.40. The van der Waals surface area contributed by atoms with E-state index in [1.807, 2.05) is 0 Å². The molecule has 0 aliphatic carbocycles. The molecule has 3 atom stereocenters. The fourth-order valence-electron chi connectivity index (χ4n) is 3.00. The van der Waals surface area contributed by atoms with Crippen molar-refractivity contribution in [3.05, 3.63) is 0 Å². The molecule has 2 aliphatic rings. The van der Waals surface area contributed by atoms with Crippen LogP contribution >= 0.6 is 0 Å². The lowest BCUT2D eigenvalue weighted by atomic mass is 9.94. The molecule has 0 aromatic carbocycles. The average molecular weight is 258 g/mol. The van der Waals surface area contributed by atoms with Gasteiger partial charge in [-0.05, 0) is 25.3 Å². The first kappa shape index (κ1) is 14.2. The molecule has 2 heterocycles. The minimum Gasteiger partial charge on any atom is -0.389 e. The van der Waals surface area contributed by atoms with Crippen LogP contribution < -0.4 is 5.32 Å². The highest BCUT2D eigenvalue weighted by molar-refractivity contribution is 4.92. The van der Waals surface area contributed by atoms with Crippen LogP contribution in [0.3, 0.4) is 0 Å². The van der Waals surface area contributed by atoms with E-state index < -0.39 is 0 Å². The minimum absolute atomic E-state index is 0.387. The Balaban J connectivity index is 1.61. The van der Waals surface area contributed by atoms with Crippen molar-refractivity contribution in [3.63, 3.8) is 0 Å². The molecule has 2 rings (SSSR count). The van der Waals surface area contributed by atoms with E-state index >= 15 is 0 Å². The van der Waals surface area contributed by atoms with E-state index in [1.165, 1.54) is 12.8 Å². The molecule has 2 N–H and O–H groups in total. The number of nitrogens with one attached hydrogen (secondary N) is 1. The van der Waals surface area contributed by atoms with E-state index in [0.717, 1.165) is 32.1 Å². The van der Waals surface area contributed by atoms with Crippen molar-refractivity contribution in [1.29, 1.82) is 0 Å². The Morgan fingerprint density at radius 1 is 1.39 bits per heavy atom. The standard InChI is InChI=1S/C13H26N2O3/c1-17-5-6-18-10-12(16)8-15-7-11-3-2-4-14-13(11)9-15/h11-14,16H,2-10H2,1H3/t11-,12?,13+/m0/s1. The number of piperidine rings is 1. The number of likely N-dealkylation sites (tertiary alicyclic amines) is 1. The largest absolute Gasteiger partial charge is 0.389 e. The van der Waals surface area contributed by atoms with Crippen molar-refractivity contribution in [3.8, 4) is 0 Å². The number of hydrogen-bond acceptors (Lipinski definition) is 5. The van der Waals surface area contributed by atoms with Crippen LogP contribution in [0.1, 0.15) is 12.8 Å². The normalized spacial score (nSPS) is 30.3. The van der Waals surface area contributed by atoms with Crippen LogP contribution in [0.15, 0.2) is 0 Å². The van der Waals surface area contributed by atoms with E-state index in [4.69, 9.17) is 9.47 Å². The monoisotopic (exact) mass is 258 g/mol. The van der Waals surface area contributed by atoms with Crippen LogP contribution in [0, 0.1) is 5.92 Å². The van der Waals surface area contributed by atoms with Gasteiger partial charge in [-0.1, -0.05) is 0 Å². The lowest BCUT2D eigenvalue weighted by Gasteiger charge is -2.24. The first-order valence-electron chi connectivity index (χ1n) is 7.00. The molecule has 2 fully saturated rings. The van der Waals surface area contributed by atoms with Gasteiger partial charge in [-0.2, -0.15) is 0 Å². The highest BCUT2D eigenvalue weighted by Gasteiger charge is 2.34. The second kappa shape index (κ2) is 7.40. The third-order valence-electron chi connectivity index (χ3n) is 3.89. The predicted octanol–water partition coefficient (Wildman–Crippen LogP) is -0.306. The zero-order chi connectivity index (χ0) is 12.8. The van der Waals surface area contributed by atoms with Crippen LogP contribution in [0.2, 0.25) is 0 Å². The third kappa shape index (κ3) is 4.17. The van der Waals surface area contributed by atoms with E-state index in [1.54, 1.807) is 7.11 Å². The lowest BCUT2D eigenvalue weighted by molar-refractivity contribution is 0.00166. The number of aliphatic hydroxyl groups is 1. The molecule has 0 spiro atoms. The van der Waals surface area contributed by atoms with Crippen LogP contribution in [0.25, 0.3) is 0 Å². The van der Waals surface area contributed by atoms with Crippen LogP contribution in [-0.4, -0.2) is 75.3 Å². The maximum Gasteiger partial charge on any atom is 0.0900 e. The first-order chi connectivity index (χ1) is 8.79. The molecule has 5 heteroatoms. The van der Waals surface area contributed by atoms with Crippen LogP contribution in [0.4, 0.5) is 0 Å². The van der Waals surface area contributed by atoms with Gasteiger partial charge in [-0.15, -0.1) is 0 Å². The summed E-state index contributed by atoms with van der Waals surface area (Å²) in [5.74, 6) is 0.778. The quantitative estimate of drug-likeness (QED) is 0.614. The minimum atomic E-state index is -0.387. The summed E-state index contributed by atoms with van der Waals surface area (Å²) in [6.07, 6.45) is 2.23. The zero-order valence-corrected chi connectivity index (χ0v) is 11.3. The Morgan fingerprint density at radius 3 is 3.06 bits per heavy atom. The van der Waals surface area contributed by atoms with Crippen molar-refractivity contribution in [2.45, 2.75) is 25.0 Å². The molecular weight excluding hydrogens is 232 g/mol. The molecule has 5 nitrogen and oxygen atoms in total. The maximum atomic E-state index is 9.91. The second-order valence-corrected chi connectivity index (χ2v) is 5.40. The van der Waals surface area contributed by atoms with E-state index in [0.29, 0.717) is 25.9 Å². The number of methoxy groups -OCH3 is 1. The summed E-state index contributed by atoms with van der Waals surface area (Å²) in [5.41, 5.74) is 0. The number of β-amino-alcohol motifs (C(OH)–C–C–N with tert-alkyl or cyclic N) is 1. The summed E-state index contributed by atoms with van der Waals surface area (Å²) >= 11 is 0. The summed E-state index contributed by atoms with van der Waals surface area (Å²) in [6.45, 7) is 5.61. The Labute approximate surface area is 109 Å². The van der Waals surface area contributed by atoms with E-state index in [2.05, 4.69) is 10.2 Å². The van der Waals surface area contributed by atoms with E-state index in [-0.39, 0.29) is 6.10 Å². The molecule has 2 saturated heterocycles. The van der Waals surface area contributed by atoms with Gasteiger partial charge in [0.25, 0.3) is 0 Å². The van der Waals surface area contributed by atoms with Gasteiger partial charge < -0.3 is 19.9 Å². The number of aliphatic hydroxyl groups excluding tert-OH is 1. The summed E-state index contributed by atoms with van der Waals surface area (Å²) < 4.78 is 10.2. The Bertz CT molecular complexity index is 226. The maximum absolute atomic E-state index is 9.91. The highest BCUT2D eigenvalue weighted by Crippen LogP contribution is 2.24. The number of ether oxygens (including phenoxy) is 2. The number of hydrogen-bond donors (Lipinski definition) is 2. The molecule has 0 aromatic heterocycles. The van der Waals surface area contributed by atoms with Gasteiger partial charge in [0, 0.05) is 32.8 Å². The third-order valence-corrected chi connectivity index (χ3v) is 3.89. The van der Waals surface area contributed by atoms with Gasteiger partial charge in [0.05, 0.1) is 25.9 Å². The van der Waals surface area contributed by atoms with Crippen molar-refractivity contribution in [2.24, 2.45) is 5.92 Å². The molecule has 0 amide bonds. The van der Waals surface area contributed by atoms with Crippen molar-refractivity contribution in [1.82, 2.24) is 10.2 Å². The number of fused-ring (bicyclic) bond motifs is 1. The molecule has 0 saturated carbocycles. The van der Waals surface area contributed by atoms with Crippen molar-refractivity contribution in [2.75, 3.05) is 53.1 Å². The molecule has 0 radical (unpaired) electrons. The van der Waals surface area contributed by atoms with Gasteiger partial charge in [0.1, 0.15) is 0 Å².